The number of unbranched alkanes of at least 4 members (excludes halogenated alkanes) is 2. The third-order valence-corrected chi connectivity index (χ3v) is 7.56. The molecule has 0 aliphatic heterocycles. The lowest BCUT2D eigenvalue weighted by atomic mass is 9.62. The Morgan fingerprint density at radius 1 is 0.923 bits per heavy atom. The first kappa shape index (κ1) is 18.1. The van der Waals surface area contributed by atoms with Gasteiger partial charge < -0.3 is 9.47 Å². The van der Waals surface area contributed by atoms with Crippen LogP contribution in [-0.4, -0.2) is 25.2 Å². The number of esters is 2. The van der Waals surface area contributed by atoms with E-state index >= 15 is 0 Å². The summed E-state index contributed by atoms with van der Waals surface area (Å²) in [5.74, 6) is 2.35. The Morgan fingerprint density at radius 2 is 1.50 bits per heavy atom. The first-order valence-electron chi connectivity index (χ1n) is 10.7. The molecule has 26 heavy (non-hydrogen) atoms. The van der Waals surface area contributed by atoms with E-state index in [2.05, 4.69) is 26.0 Å². The summed E-state index contributed by atoms with van der Waals surface area (Å²) < 4.78 is 11.2. The van der Waals surface area contributed by atoms with Crippen molar-refractivity contribution in [3.63, 3.8) is 0 Å². The molecule has 0 aromatic heterocycles. The van der Waals surface area contributed by atoms with Gasteiger partial charge in [0.1, 0.15) is 0 Å². The molecule has 3 saturated carbocycles. The molecule has 0 N–H and O–H groups in total. The molecule has 3 fully saturated rings. The molecular formula is C22H32O4. The number of allylic oxidation sites excluding steroid dienone is 2. The summed E-state index contributed by atoms with van der Waals surface area (Å²) in [5.41, 5.74) is -1.04. The highest BCUT2D eigenvalue weighted by Crippen LogP contribution is 2.70. The van der Waals surface area contributed by atoms with Crippen LogP contribution in [0.1, 0.15) is 58.8 Å². The van der Waals surface area contributed by atoms with Crippen molar-refractivity contribution in [2.24, 2.45) is 40.9 Å². The summed E-state index contributed by atoms with van der Waals surface area (Å²) in [6.07, 6.45) is 11.2. The molecule has 0 amide bonds. The first-order chi connectivity index (χ1) is 12.6. The van der Waals surface area contributed by atoms with Crippen molar-refractivity contribution >= 4 is 11.9 Å². The van der Waals surface area contributed by atoms with Crippen molar-refractivity contribution in [3.05, 3.63) is 12.2 Å². The maximum absolute atomic E-state index is 13.2. The van der Waals surface area contributed by atoms with Crippen molar-refractivity contribution in [2.45, 2.75) is 58.8 Å². The topological polar surface area (TPSA) is 52.6 Å². The van der Waals surface area contributed by atoms with Crippen molar-refractivity contribution in [1.29, 1.82) is 0 Å². The summed E-state index contributed by atoms with van der Waals surface area (Å²) in [6, 6.07) is 0. The van der Waals surface area contributed by atoms with Crippen LogP contribution in [0.2, 0.25) is 0 Å². The number of carbonyl (C=O) groups is 2. The van der Waals surface area contributed by atoms with E-state index < -0.39 is 5.41 Å². The molecule has 0 aromatic carbocycles. The quantitative estimate of drug-likeness (QED) is 0.215. The van der Waals surface area contributed by atoms with E-state index in [0.29, 0.717) is 49.2 Å². The van der Waals surface area contributed by atoms with Gasteiger partial charge in [-0.3, -0.25) is 9.59 Å². The van der Waals surface area contributed by atoms with Crippen molar-refractivity contribution in [1.82, 2.24) is 0 Å². The summed E-state index contributed by atoms with van der Waals surface area (Å²) >= 11 is 0. The molecule has 4 aliphatic rings. The van der Waals surface area contributed by atoms with Gasteiger partial charge in [-0.2, -0.15) is 0 Å². The van der Waals surface area contributed by atoms with Gasteiger partial charge in [0.2, 0.25) is 0 Å². The van der Waals surface area contributed by atoms with Crippen LogP contribution in [0.4, 0.5) is 0 Å². The second-order valence-corrected chi connectivity index (χ2v) is 8.86. The van der Waals surface area contributed by atoms with Crippen molar-refractivity contribution in [2.75, 3.05) is 13.2 Å². The number of rotatable bonds is 8. The molecule has 4 rings (SSSR count). The highest BCUT2D eigenvalue weighted by molar-refractivity contribution is 6.01. The lowest BCUT2D eigenvalue weighted by molar-refractivity contribution is -0.180. The molecule has 0 radical (unpaired) electrons. The van der Waals surface area contributed by atoms with E-state index in [0.717, 1.165) is 32.1 Å². The Hall–Kier alpha value is -1.32. The van der Waals surface area contributed by atoms with Gasteiger partial charge in [-0.1, -0.05) is 38.8 Å². The van der Waals surface area contributed by atoms with Gasteiger partial charge in [0, 0.05) is 0 Å². The fraction of sp³-hybridized carbons (Fsp3) is 0.818. The molecule has 0 heterocycles. The molecule has 4 heteroatoms. The maximum atomic E-state index is 13.2. The fourth-order valence-electron chi connectivity index (χ4n) is 6.51. The summed E-state index contributed by atoms with van der Waals surface area (Å²) in [6.45, 7) is 4.98. The number of carbonyl (C=O) groups excluding carboxylic acids is 2. The molecule has 144 valence electrons. The molecule has 0 spiro atoms. The molecule has 4 bridgehead atoms. The highest BCUT2D eigenvalue weighted by atomic mass is 16.6. The van der Waals surface area contributed by atoms with Gasteiger partial charge in [-0.15, -0.1) is 0 Å². The van der Waals surface area contributed by atoms with Crippen LogP contribution in [0.3, 0.4) is 0 Å². The molecule has 6 unspecified atom stereocenters. The normalized spacial score (nSPS) is 37.8. The Kier molecular flexibility index (Phi) is 4.87. The minimum atomic E-state index is -1.04. The zero-order chi connectivity index (χ0) is 18.3. The van der Waals surface area contributed by atoms with E-state index in [9.17, 15) is 9.59 Å². The third-order valence-electron chi connectivity index (χ3n) is 7.56. The van der Waals surface area contributed by atoms with Crippen LogP contribution in [-0.2, 0) is 19.1 Å². The minimum Gasteiger partial charge on any atom is -0.465 e. The van der Waals surface area contributed by atoms with Gasteiger partial charge >= 0.3 is 11.9 Å². The predicted octanol–water partition coefficient (Wildman–Crippen LogP) is 4.14. The number of hydrogen-bond acceptors (Lipinski definition) is 4. The van der Waals surface area contributed by atoms with Gasteiger partial charge in [0.25, 0.3) is 0 Å². The lowest BCUT2D eigenvalue weighted by Crippen LogP contribution is -2.51. The third kappa shape index (κ3) is 2.55. The molecule has 6 atom stereocenters. The first-order valence-corrected chi connectivity index (χ1v) is 10.7. The summed E-state index contributed by atoms with van der Waals surface area (Å²) in [4.78, 5) is 26.3. The molecular weight excluding hydrogens is 328 g/mol. The van der Waals surface area contributed by atoms with Crippen LogP contribution >= 0.6 is 0 Å². The van der Waals surface area contributed by atoms with Crippen molar-refractivity contribution in [3.8, 4) is 0 Å². The average Bonchev–Trinajstić information content (AvgIpc) is 3.39. The maximum Gasteiger partial charge on any atom is 0.323 e. The lowest BCUT2D eigenvalue weighted by Gasteiger charge is -2.42. The van der Waals surface area contributed by atoms with Gasteiger partial charge in [0.15, 0.2) is 5.41 Å². The van der Waals surface area contributed by atoms with Crippen LogP contribution < -0.4 is 0 Å². The second kappa shape index (κ2) is 7.01. The van der Waals surface area contributed by atoms with Crippen LogP contribution in [0.5, 0.6) is 0 Å². The molecule has 0 saturated heterocycles. The Morgan fingerprint density at radius 3 is 2.08 bits per heavy atom. The van der Waals surface area contributed by atoms with Gasteiger partial charge in [0.05, 0.1) is 13.2 Å². The van der Waals surface area contributed by atoms with E-state index in [1.54, 1.807) is 0 Å². The predicted molar refractivity (Wildman–Crippen MR) is 98.1 cm³/mol. The summed E-state index contributed by atoms with van der Waals surface area (Å²) in [5, 5.41) is 0. The zero-order valence-corrected chi connectivity index (χ0v) is 16.1. The van der Waals surface area contributed by atoms with Gasteiger partial charge in [-0.05, 0) is 67.6 Å². The smallest absolute Gasteiger partial charge is 0.323 e. The highest BCUT2D eigenvalue weighted by Gasteiger charge is 2.72. The minimum absolute atomic E-state index is 0.112. The van der Waals surface area contributed by atoms with Crippen LogP contribution in [0.15, 0.2) is 12.2 Å². The SMILES string of the molecule is CCCCOC(=O)C1(C(=O)OCCCC)CC2CC1C1C3C=CC(C3)C21. The van der Waals surface area contributed by atoms with Crippen molar-refractivity contribution < 1.29 is 19.1 Å². The Balaban J connectivity index is 1.57. The zero-order valence-electron chi connectivity index (χ0n) is 16.1. The van der Waals surface area contributed by atoms with Gasteiger partial charge in [-0.25, -0.2) is 0 Å². The van der Waals surface area contributed by atoms with E-state index in [-0.39, 0.29) is 17.9 Å². The standard InChI is InChI=1S/C22H32O4/c1-3-5-9-25-20(23)22(21(24)26-10-6-4-2)13-16-12-17(22)19-15-8-7-14(11-15)18(16)19/h7-8,14-19H,3-6,9-13H2,1-2H3. The monoisotopic (exact) mass is 360 g/mol. The number of hydrogen-bond donors (Lipinski definition) is 0. The Labute approximate surface area is 156 Å². The average molecular weight is 360 g/mol. The van der Waals surface area contributed by atoms with Crippen LogP contribution in [0.25, 0.3) is 0 Å². The fourth-order valence-corrected chi connectivity index (χ4v) is 6.51. The molecule has 0 aromatic rings. The largest absolute Gasteiger partial charge is 0.465 e. The van der Waals surface area contributed by atoms with E-state index in [1.807, 2.05) is 0 Å². The second-order valence-electron chi connectivity index (χ2n) is 8.86. The number of fused-ring (bicyclic) bond motifs is 9. The van der Waals surface area contributed by atoms with E-state index in [4.69, 9.17) is 9.47 Å². The Bertz CT molecular complexity index is 573. The summed E-state index contributed by atoms with van der Waals surface area (Å²) in [7, 11) is 0. The number of ether oxygens (including phenoxy) is 2. The van der Waals surface area contributed by atoms with E-state index in [1.165, 1.54) is 6.42 Å². The molecule has 4 aliphatic carbocycles. The molecule has 4 nitrogen and oxygen atoms in total. The van der Waals surface area contributed by atoms with Crippen LogP contribution in [0, 0.1) is 40.9 Å².